The minimum atomic E-state index is -3.15. The average molecular weight is 310 g/mol. The largest absolute Gasteiger partial charge is 0.466 e. The van der Waals surface area contributed by atoms with Crippen LogP contribution >= 0.6 is 0 Å². The molecule has 120 valence electrons. The van der Waals surface area contributed by atoms with Crippen molar-refractivity contribution in [3.05, 3.63) is 24.3 Å². The zero-order chi connectivity index (χ0) is 16.8. The molecule has 0 aliphatic rings. The number of hydrogen-bond acceptors (Lipinski definition) is 3. The second kappa shape index (κ2) is 11.5. The number of carbonyl (C=O) groups excluding carboxylic acids is 1. The van der Waals surface area contributed by atoms with E-state index in [1.54, 1.807) is 6.92 Å². The van der Waals surface area contributed by atoms with Crippen molar-refractivity contribution >= 4 is 5.97 Å². The van der Waals surface area contributed by atoms with Crippen LogP contribution in [0.1, 0.15) is 32.6 Å². The molecule has 0 rings (SSSR count). The van der Waals surface area contributed by atoms with Gasteiger partial charge in [-0.25, -0.2) is 0 Å². The molecule has 0 spiro atoms. The summed E-state index contributed by atoms with van der Waals surface area (Å²) < 4.78 is 31.4. The van der Waals surface area contributed by atoms with Crippen molar-refractivity contribution in [2.24, 2.45) is 0 Å². The summed E-state index contributed by atoms with van der Waals surface area (Å²) in [5.74, 6) is 2.71. The molecule has 5 heteroatoms. The lowest BCUT2D eigenvalue weighted by Gasteiger charge is -2.08. The van der Waals surface area contributed by atoms with Crippen LogP contribution in [0.15, 0.2) is 24.3 Å². The van der Waals surface area contributed by atoms with Crippen LogP contribution in [-0.4, -0.2) is 29.7 Å². The zero-order valence-electron chi connectivity index (χ0n) is 12.5. The molecule has 0 radical (unpaired) electrons. The molecule has 0 aromatic heterocycles. The van der Waals surface area contributed by atoms with E-state index in [1.807, 2.05) is 5.92 Å². The van der Waals surface area contributed by atoms with Crippen LogP contribution < -0.4 is 0 Å². The number of rotatable bonds is 8. The number of aliphatic hydroxyl groups is 1. The molecular formula is C17H20F2O3. The van der Waals surface area contributed by atoms with Crippen molar-refractivity contribution in [1.82, 2.24) is 0 Å². The number of halogens is 2. The number of hydrogen-bond donors (Lipinski definition) is 1. The molecule has 0 saturated heterocycles. The molecule has 0 heterocycles. The van der Waals surface area contributed by atoms with E-state index in [1.165, 1.54) is 24.3 Å². The van der Waals surface area contributed by atoms with Gasteiger partial charge in [-0.05, 0) is 25.3 Å². The summed E-state index contributed by atoms with van der Waals surface area (Å²) in [5, 5.41) is 9.26. The number of terminal acetylenes is 1. The number of allylic oxidation sites excluding steroid dienone is 3. The van der Waals surface area contributed by atoms with Gasteiger partial charge in [-0.3, -0.25) is 4.79 Å². The van der Waals surface area contributed by atoms with Gasteiger partial charge in [0.25, 0.3) is 0 Å². The quantitative estimate of drug-likeness (QED) is 0.426. The Morgan fingerprint density at radius 3 is 2.82 bits per heavy atom. The maximum absolute atomic E-state index is 13.4. The van der Waals surface area contributed by atoms with Crippen molar-refractivity contribution in [2.75, 3.05) is 6.61 Å². The first-order valence-electron chi connectivity index (χ1n) is 6.92. The summed E-state index contributed by atoms with van der Waals surface area (Å²) in [7, 11) is 0. The Labute approximate surface area is 130 Å². The fourth-order valence-electron chi connectivity index (χ4n) is 1.38. The topological polar surface area (TPSA) is 46.5 Å². The highest BCUT2D eigenvalue weighted by atomic mass is 19.3. The Hall–Kier alpha value is -2.11. The number of esters is 1. The van der Waals surface area contributed by atoms with Crippen molar-refractivity contribution < 1.29 is 23.4 Å². The third-order valence-electron chi connectivity index (χ3n) is 2.38. The minimum Gasteiger partial charge on any atom is -0.466 e. The van der Waals surface area contributed by atoms with E-state index in [4.69, 9.17) is 6.42 Å². The lowest BCUT2D eigenvalue weighted by atomic mass is 10.1. The molecule has 0 bridgehead atoms. The fourth-order valence-corrected chi connectivity index (χ4v) is 1.38. The lowest BCUT2D eigenvalue weighted by Crippen LogP contribution is -2.14. The van der Waals surface area contributed by atoms with Crippen LogP contribution in [0.3, 0.4) is 0 Å². The van der Waals surface area contributed by atoms with Gasteiger partial charge >= 0.3 is 11.9 Å². The average Bonchev–Trinajstić information content (AvgIpc) is 2.43. The molecule has 0 amide bonds. The van der Waals surface area contributed by atoms with Crippen molar-refractivity contribution in [1.29, 1.82) is 0 Å². The first-order chi connectivity index (χ1) is 10.4. The Bertz CT molecular complexity index is 490. The third-order valence-corrected chi connectivity index (χ3v) is 2.38. The van der Waals surface area contributed by atoms with Gasteiger partial charge in [-0.15, -0.1) is 12.3 Å². The molecule has 0 unspecified atom stereocenters. The Morgan fingerprint density at radius 2 is 2.18 bits per heavy atom. The molecule has 0 aromatic rings. The predicted octanol–water partition coefficient (Wildman–Crippen LogP) is 2.86. The van der Waals surface area contributed by atoms with Crippen LogP contribution in [0.5, 0.6) is 0 Å². The Balaban J connectivity index is 4.15. The van der Waals surface area contributed by atoms with Gasteiger partial charge in [0.2, 0.25) is 0 Å². The molecule has 0 saturated carbocycles. The predicted molar refractivity (Wildman–Crippen MR) is 80.9 cm³/mol. The normalized spacial score (nSPS) is 12.7. The van der Waals surface area contributed by atoms with E-state index in [0.29, 0.717) is 0 Å². The SMILES string of the molecule is C#CC[C@@H](O)/C=C/C=C/C#CC(F)(F)CCCC(=O)OCC. The van der Waals surface area contributed by atoms with Crippen LogP contribution in [0.25, 0.3) is 0 Å². The van der Waals surface area contributed by atoms with Gasteiger partial charge in [0.15, 0.2) is 0 Å². The van der Waals surface area contributed by atoms with Crippen LogP contribution in [0.4, 0.5) is 8.78 Å². The minimum absolute atomic E-state index is 0.0163. The fraction of sp³-hybridized carbons (Fsp3) is 0.471. The maximum atomic E-state index is 13.4. The number of alkyl halides is 2. The molecule has 0 aromatic carbocycles. The van der Waals surface area contributed by atoms with Gasteiger partial charge in [-0.2, -0.15) is 8.78 Å². The Kier molecular flexibility index (Phi) is 10.4. The van der Waals surface area contributed by atoms with E-state index in [9.17, 15) is 18.7 Å². The van der Waals surface area contributed by atoms with E-state index in [0.717, 1.165) is 0 Å². The van der Waals surface area contributed by atoms with Crippen molar-refractivity contribution in [3.8, 4) is 24.2 Å². The standard InChI is InChI=1S/C17H20F2O3/c1-3-10-15(20)11-7-5-6-8-13-17(18,19)14-9-12-16(21)22-4-2/h1,5-7,11,15,20H,4,9-10,12,14H2,2H3/b6-5+,11-7+/t15-/m1/s1. The van der Waals surface area contributed by atoms with E-state index < -0.39 is 24.4 Å². The lowest BCUT2D eigenvalue weighted by molar-refractivity contribution is -0.143. The highest BCUT2D eigenvalue weighted by Crippen LogP contribution is 2.20. The molecule has 0 fully saturated rings. The van der Waals surface area contributed by atoms with E-state index >= 15 is 0 Å². The highest BCUT2D eigenvalue weighted by molar-refractivity contribution is 5.69. The van der Waals surface area contributed by atoms with Gasteiger partial charge in [0, 0.05) is 19.3 Å². The first-order valence-corrected chi connectivity index (χ1v) is 6.92. The van der Waals surface area contributed by atoms with Gasteiger partial charge in [0.1, 0.15) is 0 Å². The molecule has 0 aliphatic carbocycles. The highest BCUT2D eigenvalue weighted by Gasteiger charge is 2.25. The maximum Gasteiger partial charge on any atom is 0.308 e. The second-order valence-electron chi connectivity index (χ2n) is 4.35. The van der Waals surface area contributed by atoms with Gasteiger partial charge < -0.3 is 9.84 Å². The monoisotopic (exact) mass is 310 g/mol. The first kappa shape index (κ1) is 19.9. The van der Waals surface area contributed by atoms with Crippen LogP contribution in [-0.2, 0) is 9.53 Å². The van der Waals surface area contributed by atoms with Gasteiger partial charge in [0.05, 0.1) is 12.7 Å². The summed E-state index contributed by atoms with van der Waals surface area (Å²) >= 11 is 0. The summed E-state index contributed by atoms with van der Waals surface area (Å²) in [5.41, 5.74) is 0. The van der Waals surface area contributed by atoms with E-state index in [-0.39, 0.29) is 25.9 Å². The molecular weight excluding hydrogens is 290 g/mol. The molecule has 3 nitrogen and oxygen atoms in total. The van der Waals surface area contributed by atoms with Crippen molar-refractivity contribution in [2.45, 2.75) is 44.6 Å². The summed E-state index contributed by atoms with van der Waals surface area (Å²) in [4.78, 5) is 11.0. The molecule has 0 aliphatic heterocycles. The van der Waals surface area contributed by atoms with Crippen LogP contribution in [0.2, 0.25) is 0 Å². The number of aliphatic hydroxyl groups excluding tert-OH is 1. The van der Waals surface area contributed by atoms with Crippen LogP contribution in [0, 0.1) is 24.2 Å². The summed E-state index contributed by atoms with van der Waals surface area (Å²) in [6.07, 6.45) is 9.52. The number of carbonyl (C=O) groups is 1. The second-order valence-corrected chi connectivity index (χ2v) is 4.35. The Morgan fingerprint density at radius 1 is 1.45 bits per heavy atom. The van der Waals surface area contributed by atoms with Crippen molar-refractivity contribution in [3.63, 3.8) is 0 Å². The summed E-state index contributed by atoms with van der Waals surface area (Å²) in [6.45, 7) is 1.90. The third kappa shape index (κ3) is 11.7. The molecule has 1 N–H and O–H groups in total. The van der Waals surface area contributed by atoms with E-state index in [2.05, 4.69) is 16.6 Å². The number of ether oxygens (including phenoxy) is 1. The molecule has 1 atom stereocenters. The zero-order valence-corrected chi connectivity index (χ0v) is 12.5. The molecule has 22 heavy (non-hydrogen) atoms. The smallest absolute Gasteiger partial charge is 0.308 e. The van der Waals surface area contributed by atoms with Gasteiger partial charge in [-0.1, -0.05) is 24.1 Å². The summed E-state index contributed by atoms with van der Waals surface area (Å²) in [6, 6.07) is 0.